The largest absolute Gasteiger partial charge is 0.486 e. The molecule has 1 aromatic rings. The highest BCUT2D eigenvalue weighted by molar-refractivity contribution is 9.10. The topological polar surface area (TPSA) is 59.6 Å². The molecule has 5 nitrogen and oxygen atoms in total. The van der Waals surface area contributed by atoms with Crippen LogP contribution in [0.4, 0.5) is 5.69 Å². The van der Waals surface area contributed by atoms with Crippen LogP contribution in [0.5, 0.6) is 11.5 Å². The molecule has 2 N–H and O–H groups in total. The predicted molar refractivity (Wildman–Crippen MR) is 81.5 cm³/mol. The van der Waals surface area contributed by atoms with E-state index in [4.69, 9.17) is 9.47 Å². The number of carbonyl (C=O) groups is 1. The lowest BCUT2D eigenvalue weighted by Crippen LogP contribution is -2.27. The second-order valence-corrected chi connectivity index (χ2v) is 5.74. The van der Waals surface area contributed by atoms with Gasteiger partial charge in [-0.05, 0) is 15.9 Å². The van der Waals surface area contributed by atoms with Crippen LogP contribution in [0.1, 0.15) is 20.3 Å². The molecule has 0 saturated carbocycles. The molecule has 2 rings (SSSR count). The first kappa shape index (κ1) is 15.1. The van der Waals surface area contributed by atoms with Crippen molar-refractivity contribution in [1.82, 2.24) is 5.32 Å². The summed E-state index contributed by atoms with van der Waals surface area (Å²) in [6.07, 6.45) is 0.430. The third-order valence-corrected chi connectivity index (χ3v) is 3.47. The number of halogens is 1. The Labute approximate surface area is 127 Å². The highest BCUT2D eigenvalue weighted by Gasteiger charge is 2.16. The van der Waals surface area contributed by atoms with E-state index in [0.717, 1.165) is 4.47 Å². The van der Waals surface area contributed by atoms with E-state index < -0.39 is 0 Å². The normalized spacial score (nSPS) is 13.4. The van der Waals surface area contributed by atoms with Crippen LogP contribution in [-0.4, -0.2) is 31.7 Å². The van der Waals surface area contributed by atoms with Crippen molar-refractivity contribution in [3.8, 4) is 11.5 Å². The molecular weight excluding hydrogens is 324 g/mol. The highest BCUT2D eigenvalue weighted by atomic mass is 79.9. The summed E-state index contributed by atoms with van der Waals surface area (Å²) in [5.41, 5.74) is 0.698. The van der Waals surface area contributed by atoms with E-state index in [9.17, 15) is 4.79 Å². The molecule has 1 amide bonds. The molecule has 110 valence electrons. The summed E-state index contributed by atoms with van der Waals surface area (Å²) in [5.74, 6) is 1.33. The molecule has 0 atom stereocenters. The molecule has 0 aromatic heterocycles. The minimum atomic E-state index is -0.0319. The van der Waals surface area contributed by atoms with Crippen LogP contribution >= 0.6 is 15.9 Å². The summed E-state index contributed by atoms with van der Waals surface area (Å²) >= 11 is 3.43. The molecule has 0 fully saturated rings. The number of anilines is 1. The molecule has 20 heavy (non-hydrogen) atoms. The van der Waals surface area contributed by atoms with Gasteiger partial charge in [0.2, 0.25) is 5.91 Å². The fourth-order valence-corrected chi connectivity index (χ4v) is 2.27. The van der Waals surface area contributed by atoms with Crippen molar-refractivity contribution in [2.24, 2.45) is 0 Å². The highest BCUT2D eigenvalue weighted by Crippen LogP contribution is 2.38. The number of carbonyl (C=O) groups excluding carboxylic acids is 1. The van der Waals surface area contributed by atoms with Gasteiger partial charge in [0.1, 0.15) is 13.2 Å². The fraction of sp³-hybridized carbons (Fsp3) is 0.500. The van der Waals surface area contributed by atoms with Crippen LogP contribution in [0.3, 0.4) is 0 Å². The first-order valence-corrected chi connectivity index (χ1v) is 7.48. The summed E-state index contributed by atoms with van der Waals surface area (Å²) in [4.78, 5) is 11.9. The van der Waals surface area contributed by atoms with Gasteiger partial charge in [-0.3, -0.25) is 4.79 Å². The standard InChI is InChI=1S/C14H19BrN2O3/c1-9(2)16-4-3-14(18)17-11-8-13-12(7-10(11)15)19-5-6-20-13/h7-9,16H,3-6H2,1-2H3,(H,17,18). The summed E-state index contributed by atoms with van der Waals surface area (Å²) in [6, 6.07) is 3.98. The third kappa shape index (κ3) is 4.11. The van der Waals surface area contributed by atoms with E-state index in [-0.39, 0.29) is 5.91 Å². The van der Waals surface area contributed by atoms with Gasteiger partial charge in [0.05, 0.1) is 5.69 Å². The molecule has 1 aromatic carbocycles. The van der Waals surface area contributed by atoms with Crippen molar-refractivity contribution in [2.45, 2.75) is 26.3 Å². The number of amides is 1. The maximum Gasteiger partial charge on any atom is 0.225 e. The van der Waals surface area contributed by atoms with Crippen molar-refractivity contribution >= 4 is 27.5 Å². The Hall–Kier alpha value is -1.27. The second-order valence-electron chi connectivity index (χ2n) is 4.88. The summed E-state index contributed by atoms with van der Waals surface area (Å²) in [7, 11) is 0. The Kier molecular flexibility index (Phi) is 5.25. The van der Waals surface area contributed by atoms with Gasteiger partial charge in [-0.25, -0.2) is 0 Å². The fourth-order valence-electron chi connectivity index (χ4n) is 1.85. The second kappa shape index (κ2) is 6.95. The van der Waals surface area contributed by atoms with Gasteiger partial charge in [0.25, 0.3) is 0 Å². The van der Waals surface area contributed by atoms with Crippen LogP contribution < -0.4 is 20.1 Å². The molecular formula is C14H19BrN2O3. The van der Waals surface area contributed by atoms with Gasteiger partial charge in [-0.2, -0.15) is 0 Å². The van der Waals surface area contributed by atoms with E-state index in [2.05, 4.69) is 40.4 Å². The van der Waals surface area contributed by atoms with E-state index in [1.807, 2.05) is 6.07 Å². The van der Waals surface area contributed by atoms with Gasteiger partial charge in [0, 0.05) is 35.6 Å². The summed E-state index contributed by atoms with van der Waals surface area (Å²) in [6.45, 7) is 5.84. The number of hydrogen-bond acceptors (Lipinski definition) is 4. The SMILES string of the molecule is CC(C)NCCC(=O)Nc1cc2c(cc1Br)OCCO2. The van der Waals surface area contributed by atoms with E-state index >= 15 is 0 Å². The van der Waals surface area contributed by atoms with Crippen LogP contribution in [0.25, 0.3) is 0 Å². The predicted octanol–water partition coefficient (Wildman–Crippen LogP) is 2.55. The van der Waals surface area contributed by atoms with Crippen molar-refractivity contribution in [2.75, 3.05) is 25.1 Å². The zero-order chi connectivity index (χ0) is 14.5. The van der Waals surface area contributed by atoms with Crippen molar-refractivity contribution in [1.29, 1.82) is 0 Å². The molecule has 0 radical (unpaired) electrons. The first-order chi connectivity index (χ1) is 9.56. The number of benzene rings is 1. The van der Waals surface area contributed by atoms with Crippen LogP contribution in [0, 0.1) is 0 Å². The molecule has 6 heteroatoms. The van der Waals surface area contributed by atoms with E-state index in [1.165, 1.54) is 0 Å². The molecule has 0 spiro atoms. The average molecular weight is 343 g/mol. The van der Waals surface area contributed by atoms with Crippen molar-refractivity contribution in [3.63, 3.8) is 0 Å². The molecule has 0 saturated heterocycles. The minimum Gasteiger partial charge on any atom is -0.486 e. The van der Waals surface area contributed by atoms with Gasteiger partial charge < -0.3 is 20.1 Å². The molecule has 1 heterocycles. The smallest absolute Gasteiger partial charge is 0.225 e. The van der Waals surface area contributed by atoms with Crippen molar-refractivity contribution in [3.05, 3.63) is 16.6 Å². The van der Waals surface area contributed by atoms with E-state index in [0.29, 0.717) is 49.4 Å². The maximum absolute atomic E-state index is 11.9. The Bertz CT molecular complexity index is 492. The quantitative estimate of drug-likeness (QED) is 0.863. The lowest BCUT2D eigenvalue weighted by Gasteiger charge is -2.20. The van der Waals surface area contributed by atoms with Gasteiger partial charge in [0.15, 0.2) is 11.5 Å². The Morgan fingerprint density at radius 1 is 1.30 bits per heavy atom. The van der Waals surface area contributed by atoms with E-state index in [1.54, 1.807) is 6.07 Å². The first-order valence-electron chi connectivity index (χ1n) is 6.68. The number of ether oxygens (including phenoxy) is 2. The minimum absolute atomic E-state index is 0.0319. The van der Waals surface area contributed by atoms with Crippen molar-refractivity contribution < 1.29 is 14.3 Å². The molecule has 1 aliphatic heterocycles. The molecule has 0 unspecified atom stereocenters. The Morgan fingerprint density at radius 3 is 2.60 bits per heavy atom. The van der Waals surface area contributed by atoms with Gasteiger partial charge in [-0.1, -0.05) is 13.8 Å². The van der Waals surface area contributed by atoms with Gasteiger partial charge >= 0.3 is 0 Å². The Balaban J connectivity index is 1.96. The molecule has 0 aliphatic carbocycles. The maximum atomic E-state index is 11.9. The third-order valence-electron chi connectivity index (χ3n) is 2.81. The Morgan fingerprint density at radius 2 is 1.95 bits per heavy atom. The number of fused-ring (bicyclic) bond motifs is 1. The van der Waals surface area contributed by atoms with Crippen LogP contribution in [0.15, 0.2) is 16.6 Å². The average Bonchev–Trinajstić information content (AvgIpc) is 2.39. The lowest BCUT2D eigenvalue weighted by atomic mass is 10.2. The van der Waals surface area contributed by atoms with Crippen LogP contribution in [-0.2, 0) is 4.79 Å². The van der Waals surface area contributed by atoms with Crippen LogP contribution in [0.2, 0.25) is 0 Å². The molecule has 0 bridgehead atoms. The zero-order valence-electron chi connectivity index (χ0n) is 11.7. The monoisotopic (exact) mass is 342 g/mol. The summed E-state index contributed by atoms with van der Waals surface area (Å²) < 4.78 is 11.8. The molecule has 1 aliphatic rings. The number of nitrogens with one attached hydrogen (secondary N) is 2. The lowest BCUT2D eigenvalue weighted by molar-refractivity contribution is -0.116. The number of hydrogen-bond donors (Lipinski definition) is 2. The number of rotatable bonds is 5. The zero-order valence-corrected chi connectivity index (χ0v) is 13.2. The van der Waals surface area contributed by atoms with Gasteiger partial charge in [-0.15, -0.1) is 0 Å². The summed E-state index contributed by atoms with van der Waals surface area (Å²) in [5, 5.41) is 6.08.